The second-order valence-corrected chi connectivity index (χ2v) is 10.6. The quantitative estimate of drug-likeness (QED) is 0.718. The molecule has 0 saturated carbocycles. The number of carbonyl (C=O) groups excluding carboxylic acids is 1. The number of ether oxygens (including phenoxy) is 1. The van der Waals surface area contributed by atoms with Gasteiger partial charge in [0, 0.05) is 37.8 Å². The molecule has 0 aliphatic carbocycles. The highest BCUT2D eigenvalue weighted by molar-refractivity contribution is 7.89. The fourth-order valence-corrected chi connectivity index (χ4v) is 6.15. The zero-order valence-electron chi connectivity index (χ0n) is 19.0. The van der Waals surface area contributed by atoms with E-state index in [1.165, 1.54) is 10.4 Å². The Kier molecular flexibility index (Phi) is 7.02. The molecule has 0 atom stereocenters. The summed E-state index contributed by atoms with van der Waals surface area (Å²) in [6.07, 6.45) is 0.842. The summed E-state index contributed by atoms with van der Waals surface area (Å²) < 4.78 is 47.5. The van der Waals surface area contributed by atoms with E-state index in [1.807, 2.05) is 17.9 Å². The van der Waals surface area contributed by atoms with Crippen molar-refractivity contribution in [1.29, 1.82) is 0 Å². The van der Waals surface area contributed by atoms with Crippen molar-refractivity contribution in [2.24, 2.45) is 5.92 Å². The molecule has 0 aromatic heterocycles. The minimum Gasteiger partial charge on any atom is -0.378 e. The van der Waals surface area contributed by atoms with Crippen molar-refractivity contribution < 1.29 is 22.3 Å². The Bertz CT molecular complexity index is 1120. The monoisotopic (exact) mass is 475 g/mol. The molecular formula is C24H30FN3O4S. The zero-order chi connectivity index (χ0) is 23.6. The molecule has 2 fully saturated rings. The smallest absolute Gasteiger partial charge is 0.243 e. The van der Waals surface area contributed by atoms with Crippen molar-refractivity contribution in [1.82, 2.24) is 4.31 Å². The van der Waals surface area contributed by atoms with E-state index in [2.05, 4.69) is 5.32 Å². The van der Waals surface area contributed by atoms with Gasteiger partial charge >= 0.3 is 0 Å². The maximum atomic E-state index is 14.6. The highest BCUT2D eigenvalue weighted by atomic mass is 32.2. The number of nitrogens with one attached hydrogen (secondary N) is 1. The fourth-order valence-electron chi connectivity index (χ4n) is 4.48. The van der Waals surface area contributed by atoms with Gasteiger partial charge in [-0.3, -0.25) is 4.79 Å². The standard InChI is InChI=1S/C24H30FN3O4S/c1-17-3-6-23(18(2)15-17)33(30,31)28-9-7-19(8-10-28)24(29)26-20-4-5-22(21(25)16-20)27-11-13-32-14-12-27/h3-6,15-16,19H,7-14H2,1-2H3,(H,26,29). The number of anilines is 2. The number of hydrogen-bond donors (Lipinski definition) is 1. The molecule has 1 N–H and O–H groups in total. The summed E-state index contributed by atoms with van der Waals surface area (Å²) in [5.74, 6) is -0.918. The zero-order valence-corrected chi connectivity index (χ0v) is 19.8. The molecule has 4 rings (SSSR count). The maximum Gasteiger partial charge on any atom is 0.243 e. The lowest BCUT2D eigenvalue weighted by molar-refractivity contribution is -0.120. The number of amides is 1. The average Bonchev–Trinajstić information content (AvgIpc) is 2.79. The van der Waals surface area contributed by atoms with Gasteiger partial charge < -0.3 is 15.0 Å². The normalized spacial score (nSPS) is 18.3. The second kappa shape index (κ2) is 9.79. The Labute approximate surface area is 194 Å². The third-order valence-electron chi connectivity index (χ3n) is 6.34. The molecule has 2 aliphatic heterocycles. The van der Waals surface area contributed by atoms with E-state index in [1.54, 1.807) is 31.2 Å². The highest BCUT2D eigenvalue weighted by Crippen LogP contribution is 2.28. The van der Waals surface area contributed by atoms with Crippen molar-refractivity contribution >= 4 is 27.3 Å². The topological polar surface area (TPSA) is 79.0 Å². The summed E-state index contributed by atoms with van der Waals surface area (Å²) in [5, 5.41) is 2.79. The van der Waals surface area contributed by atoms with Crippen molar-refractivity contribution in [2.45, 2.75) is 31.6 Å². The highest BCUT2D eigenvalue weighted by Gasteiger charge is 2.33. The minimum atomic E-state index is -3.60. The van der Waals surface area contributed by atoms with Gasteiger partial charge in [0.25, 0.3) is 0 Å². The molecule has 2 aromatic rings. The van der Waals surface area contributed by atoms with Gasteiger partial charge in [-0.15, -0.1) is 0 Å². The van der Waals surface area contributed by atoms with Gasteiger partial charge in [-0.2, -0.15) is 4.31 Å². The Morgan fingerprint density at radius 1 is 1.03 bits per heavy atom. The molecule has 2 aliphatic rings. The number of nitrogens with zero attached hydrogens (tertiary/aromatic N) is 2. The van der Waals surface area contributed by atoms with Crippen LogP contribution in [0.4, 0.5) is 15.8 Å². The lowest BCUT2D eigenvalue weighted by Gasteiger charge is -2.31. The molecule has 0 bridgehead atoms. The maximum absolute atomic E-state index is 14.6. The van der Waals surface area contributed by atoms with Crippen LogP contribution < -0.4 is 10.2 Å². The Morgan fingerprint density at radius 2 is 1.73 bits per heavy atom. The molecule has 2 heterocycles. The molecule has 0 spiro atoms. The summed E-state index contributed by atoms with van der Waals surface area (Å²) in [5.41, 5.74) is 2.63. The van der Waals surface area contributed by atoms with E-state index in [0.29, 0.717) is 55.4 Å². The largest absolute Gasteiger partial charge is 0.378 e. The molecule has 9 heteroatoms. The molecular weight excluding hydrogens is 445 g/mol. The van der Waals surface area contributed by atoms with Crippen LogP contribution in [0.25, 0.3) is 0 Å². The van der Waals surface area contributed by atoms with E-state index >= 15 is 0 Å². The first-order chi connectivity index (χ1) is 15.8. The number of carbonyl (C=O) groups is 1. The molecule has 0 unspecified atom stereocenters. The number of sulfonamides is 1. The third-order valence-corrected chi connectivity index (χ3v) is 8.40. The van der Waals surface area contributed by atoms with Gasteiger partial charge in [0.05, 0.1) is 23.8 Å². The first kappa shape index (κ1) is 23.7. The van der Waals surface area contributed by atoms with Gasteiger partial charge in [-0.25, -0.2) is 12.8 Å². The lowest BCUT2D eigenvalue weighted by atomic mass is 9.97. The SMILES string of the molecule is Cc1ccc(S(=O)(=O)N2CCC(C(=O)Nc3ccc(N4CCOCC4)c(F)c3)CC2)c(C)c1. The van der Waals surface area contributed by atoms with Crippen molar-refractivity contribution in [3.05, 3.63) is 53.3 Å². The van der Waals surface area contributed by atoms with Crippen molar-refractivity contribution in [2.75, 3.05) is 49.6 Å². The number of hydrogen-bond acceptors (Lipinski definition) is 5. The number of aryl methyl sites for hydroxylation is 2. The van der Waals surface area contributed by atoms with Gasteiger partial charge in [-0.1, -0.05) is 17.7 Å². The van der Waals surface area contributed by atoms with Crippen LogP contribution in [-0.2, 0) is 19.6 Å². The van der Waals surface area contributed by atoms with E-state index in [0.717, 1.165) is 11.1 Å². The van der Waals surface area contributed by atoms with E-state index < -0.39 is 10.0 Å². The molecule has 2 aromatic carbocycles. The predicted octanol–water partition coefficient (Wildman–Crippen LogP) is 3.32. The van der Waals surface area contributed by atoms with Crippen LogP contribution >= 0.6 is 0 Å². The summed E-state index contributed by atoms with van der Waals surface area (Å²) in [4.78, 5) is 15.0. The number of benzene rings is 2. The molecule has 33 heavy (non-hydrogen) atoms. The van der Waals surface area contributed by atoms with Gasteiger partial charge in [0.15, 0.2) is 0 Å². The first-order valence-corrected chi connectivity index (χ1v) is 12.7. The number of rotatable bonds is 5. The molecule has 2 saturated heterocycles. The Hall–Kier alpha value is -2.49. The lowest BCUT2D eigenvalue weighted by Crippen LogP contribution is -2.41. The van der Waals surface area contributed by atoms with Crippen molar-refractivity contribution in [3.8, 4) is 0 Å². The van der Waals surface area contributed by atoms with Crippen LogP contribution in [0.2, 0.25) is 0 Å². The first-order valence-electron chi connectivity index (χ1n) is 11.3. The van der Waals surface area contributed by atoms with Gasteiger partial charge in [-0.05, 0) is 56.5 Å². The third kappa shape index (κ3) is 5.20. The minimum absolute atomic E-state index is 0.211. The Morgan fingerprint density at radius 3 is 2.36 bits per heavy atom. The number of halogens is 1. The van der Waals surface area contributed by atoms with Crippen LogP contribution in [0.3, 0.4) is 0 Å². The predicted molar refractivity (Wildman–Crippen MR) is 125 cm³/mol. The second-order valence-electron chi connectivity index (χ2n) is 8.70. The summed E-state index contributed by atoms with van der Waals surface area (Å²) >= 11 is 0. The molecule has 7 nitrogen and oxygen atoms in total. The van der Waals surface area contributed by atoms with Crippen LogP contribution in [0.5, 0.6) is 0 Å². The molecule has 0 radical (unpaired) electrons. The van der Waals surface area contributed by atoms with Crippen LogP contribution in [0, 0.1) is 25.6 Å². The summed E-state index contributed by atoms with van der Waals surface area (Å²) in [6, 6.07) is 10.0. The number of piperidine rings is 1. The van der Waals surface area contributed by atoms with Crippen LogP contribution in [-0.4, -0.2) is 58.0 Å². The van der Waals surface area contributed by atoms with Crippen LogP contribution in [0.15, 0.2) is 41.3 Å². The summed E-state index contributed by atoms with van der Waals surface area (Å²) in [7, 11) is -3.60. The van der Waals surface area contributed by atoms with E-state index in [9.17, 15) is 17.6 Å². The molecule has 1 amide bonds. The van der Waals surface area contributed by atoms with E-state index in [4.69, 9.17) is 4.74 Å². The average molecular weight is 476 g/mol. The fraction of sp³-hybridized carbons (Fsp3) is 0.458. The van der Waals surface area contributed by atoms with E-state index in [-0.39, 0.29) is 30.7 Å². The van der Waals surface area contributed by atoms with Gasteiger partial charge in [0.2, 0.25) is 15.9 Å². The van der Waals surface area contributed by atoms with Crippen LogP contribution in [0.1, 0.15) is 24.0 Å². The molecule has 178 valence electrons. The van der Waals surface area contributed by atoms with Gasteiger partial charge in [0.1, 0.15) is 5.82 Å². The summed E-state index contributed by atoms with van der Waals surface area (Å²) in [6.45, 7) is 6.67. The number of morpholine rings is 1. The van der Waals surface area contributed by atoms with Crippen molar-refractivity contribution in [3.63, 3.8) is 0 Å². The Balaban J connectivity index is 1.36.